The average molecular weight is 420 g/mol. The van der Waals surface area contributed by atoms with Crippen molar-refractivity contribution in [3.8, 4) is 11.5 Å². The van der Waals surface area contributed by atoms with Gasteiger partial charge in [0.15, 0.2) is 11.5 Å². The lowest BCUT2D eigenvalue weighted by atomic mass is 10.1. The summed E-state index contributed by atoms with van der Waals surface area (Å²) in [5, 5.41) is 0. The van der Waals surface area contributed by atoms with Crippen LogP contribution in [0.5, 0.6) is 11.5 Å². The Morgan fingerprint density at radius 3 is 2.40 bits per heavy atom. The summed E-state index contributed by atoms with van der Waals surface area (Å²) in [4.78, 5) is 42.1. The Balaban J connectivity index is 1.41. The van der Waals surface area contributed by atoms with Crippen molar-refractivity contribution in [3.05, 3.63) is 23.8 Å². The molecule has 9 nitrogen and oxygen atoms in total. The lowest BCUT2D eigenvalue weighted by molar-refractivity contribution is -0.917. The van der Waals surface area contributed by atoms with E-state index in [9.17, 15) is 14.4 Å². The summed E-state index contributed by atoms with van der Waals surface area (Å²) in [5.41, 5.74) is 1.17. The highest BCUT2D eigenvalue weighted by atomic mass is 16.5. The van der Waals surface area contributed by atoms with Gasteiger partial charge in [0.05, 0.1) is 40.4 Å². The number of nitrogens with zero attached hydrogens (tertiary/aromatic N) is 3. The molecule has 2 fully saturated rings. The third kappa shape index (κ3) is 5.02. The summed E-state index contributed by atoms with van der Waals surface area (Å²) in [7, 11) is 4.86. The first-order chi connectivity index (χ1) is 14.4. The fraction of sp³-hybridized carbons (Fsp3) is 0.571. The number of ether oxygens (including phenoxy) is 2. The number of nitrogens with one attached hydrogen (secondary N) is 1. The van der Waals surface area contributed by atoms with Crippen LogP contribution in [-0.4, -0.2) is 93.1 Å². The Morgan fingerprint density at radius 1 is 1.10 bits per heavy atom. The van der Waals surface area contributed by atoms with Gasteiger partial charge < -0.3 is 24.2 Å². The largest absolute Gasteiger partial charge is 0.493 e. The van der Waals surface area contributed by atoms with Crippen LogP contribution in [0.2, 0.25) is 0 Å². The summed E-state index contributed by atoms with van der Waals surface area (Å²) < 4.78 is 10.7. The molecule has 2 aliphatic rings. The number of urea groups is 1. The van der Waals surface area contributed by atoms with E-state index in [2.05, 4.69) is 0 Å². The number of imide groups is 1. The Hall–Kier alpha value is -2.81. The van der Waals surface area contributed by atoms with Crippen LogP contribution in [-0.2, 0) is 16.1 Å². The molecule has 0 atom stereocenters. The first-order valence-electron chi connectivity index (χ1n) is 10.3. The van der Waals surface area contributed by atoms with E-state index in [1.54, 1.807) is 21.3 Å². The molecule has 0 spiro atoms. The van der Waals surface area contributed by atoms with Gasteiger partial charge in [-0.3, -0.25) is 14.5 Å². The van der Waals surface area contributed by atoms with Gasteiger partial charge in [-0.15, -0.1) is 0 Å². The number of quaternary nitrogens is 1. The van der Waals surface area contributed by atoms with Crippen LogP contribution >= 0.6 is 0 Å². The Morgan fingerprint density at radius 2 is 1.80 bits per heavy atom. The van der Waals surface area contributed by atoms with Crippen molar-refractivity contribution in [3.63, 3.8) is 0 Å². The highest BCUT2D eigenvalue weighted by molar-refractivity contribution is 6.01. The summed E-state index contributed by atoms with van der Waals surface area (Å²) in [5.74, 6) is 1.34. The second kappa shape index (κ2) is 9.80. The zero-order valence-electron chi connectivity index (χ0n) is 18.0. The predicted molar refractivity (Wildman–Crippen MR) is 109 cm³/mol. The first-order valence-corrected chi connectivity index (χ1v) is 10.3. The topological polar surface area (TPSA) is 83.8 Å². The van der Waals surface area contributed by atoms with Crippen LogP contribution in [0.4, 0.5) is 4.79 Å². The van der Waals surface area contributed by atoms with Crippen molar-refractivity contribution in [2.75, 3.05) is 60.5 Å². The minimum absolute atomic E-state index is 0.0904. The minimum atomic E-state index is -0.278. The molecule has 0 aliphatic carbocycles. The quantitative estimate of drug-likeness (QED) is 0.580. The van der Waals surface area contributed by atoms with E-state index in [4.69, 9.17) is 9.47 Å². The molecule has 2 saturated heterocycles. The molecule has 1 aromatic rings. The van der Waals surface area contributed by atoms with Gasteiger partial charge in [-0.2, -0.15) is 0 Å². The molecular formula is C21H31N4O5+. The van der Waals surface area contributed by atoms with E-state index < -0.39 is 0 Å². The van der Waals surface area contributed by atoms with Crippen molar-refractivity contribution in [2.24, 2.45) is 0 Å². The molecule has 1 N–H and O–H groups in total. The third-order valence-corrected chi connectivity index (χ3v) is 5.73. The molecule has 164 valence electrons. The molecule has 0 saturated carbocycles. The Labute approximate surface area is 177 Å². The van der Waals surface area contributed by atoms with E-state index in [0.29, 0.717) is 32.5 Å². The SMILES string of the molecule is COc1ccc(C[NH+]2CCN(C(=O)CCCN3C(=O)CN(C)C3=O)CC2)cc1OC. The molecule has 2 heterocycles. The van der Waals surface area contributed by atoms with Crippen molar-refractivity contribution < 1.29 is 28.8 Å². The van der Waals surface area contributed by atoms with Gasteiger partial charge >= 0.3 is 6.03 Å². The molecule has 0 bridgehead atoms. The zero-order chi connectivity index (χ0) is 21.7. The number of amides is 4. The van der Waals surface area contributed by atoms with Crippen LogP contribution in [0.25, 0.3) is 0 Å². The van der Waals surface area contributed by atoms with E-state index in [0.717, 1.165) is 31.1 Å². The molecule has 1 aromatic carbocycles. The second-order valence-corrected chi connectivity index (χ2v) is 7.78. The van der Waals surface area contributed by atoms with Crippen molar-refractivity contribution >= 4 is 17.8 Å². The van der Waals surface area contributed by atoms with E-state index in [-0.39, 0.29) is 24.4 Å². The van der Waals surface area contributed by atoms with Crippen molar-refractivity contribution in [2.45, 2.75) is 19.4 Å². The highest BCUT2D eigenvalue weighted by Crippen LogP contribution is 2.27. The van der Waals surface area contributed by atoms with Crippen LogP contribution in [0.3, 0.4) is 0 Å². The molecule has 30 heavy (non-hydrogen) atoms. The summed E-state index contributed by atoms with van der Waals surface area (Å²) >= 11 is 0. The average Bonchev–Trinajstić information content (AvgIpc) is 3.00. The number of carbonyl (C=O) groups excluding carboxylic acids is 3. The highest BCUT2D eigenvalue weighted by Gasteiger charge is 2.33. The molecule has 0 unspecified atom stereocenters. The van der Waals surface area contributed by atoms with Gasteiger partial charge in [-0.05, 0) is 24.6 Å². The van der Waals surface area contributed by atoms with E-state index in [1.165, 1.54) is 20.3 Å². The molecule has 2 aliphatic heterocycles. The predicted octanol–water partition coefficient (Wildman–Crippen LogP) is -0.395. The summed E-state index contributed by atoms with van der Waals surface area (Å²) in [6, 6.07) is 5.69. The van der Waals surface area contributed by atoms with Crippen LogP contribution in [0.15, 0.2) is 18.2 Å². The van der Waals surface area contributed by atoms with Gasteiger partial charge in [-0.1, -0.05) is 0 Å². The number of hydrogen-bond acceptors (Lipinski definition) is 5. The minimum Gasteiger partial charge on any atom is -0.493 e. The lowest BCUT2D eigenvalue weighted by Gasteiger charge is -2.32. The second-order valence-electron chi connectivity index (χ2n) is 7.78. The smallest absolute Gasteiger partial charge is 0.326 e. The molecule has 0 radical (unpaired) electrons. The van der Waals surface area contributed by atoms with Crippen LogP contribution in [0.1, 0.15) is 18.4 Å². The number of rotatable bonds is 8. The van der Waals surface area contributed by atoms with Crippen molar-refractivity contribution in [1.82, 2.24) is 14.7 Å². The number of likely N-dealkylation sites (N-methyl/N-ethyl adjacent to an activating group) is 1. The molecular weight excluding hydrogens is 388 g/mol. The fourth-order valence-corrected chi connectivity index (χ4v) is 3.96. The first kappa shape index (κ1) is 21.9. The maximum absolute atomic E-state index is 12.5. The van der Waals surface area contributed by atoms with Gasteiger partial charge in [0, 0.05) is 25.6 Å². The Bertz CT molecular complexity index is 792. The van der Waals surface area contributed by atoms with E-state index >= 15 is 0 Å². The standard InChI is InChI=1S/C21H30N4O5/c1-22-15-20(27)25(21(22)28)8-4-5-19(26)24-11-9-23(10-12-24)14-16-6-7-17(29-2)18(13-16)30-3/h6-7,13H,4-5,8-12,14-15H2,1-3H3/p+1. The molecule has 9 heteroatoms. The van der Waals surface area contributed by atoms with E-state index in [1.807, 2.05) is 23.1 Å². The zero-order valence-corrected chi connectivity index (χ0v) is 18.0. The van der Waals surface area contributed by atoms with Crippen molar-refractivity contribution in [1.29, 1.82) is 0 Å². The number of benzene rings is 1. The summed E-state index contributed by atoms with van der Waals surface area (Å²) in [6.45, 7) is 4.49. The lowest BCUT2D eigenvalue weighted by Crippen LogP contribution is -3.13. The van der Waals surface area contributed by atoms with Crippen LogP contribution in [0, 0.1) is 0 Å². The number of carbonyl (C=O) groups is 3. The van der Waals surface area contributed by atoms with Gasteiger partial charge in [0.1, 0.15) is 13.1 Å². The van der Waals surface area contributed by atoms with Gasteiger partial charge in [0.2, 0.25) is 11.8 Å². The van der Waals surface area contributed by atoms with Crippen LogP contribution < -0.4 is 14.4 Å². The summed E-state index contributed by atoms with van der Waals surface area (Å²) in [6.07, 6.45) is 0.856. The van der Waals surface area contributed by atoms with Gasteiger partial charge in [-0.25, -0.2) is 4.79 Å². The number of hydrogen-bond donors (Lipinski definition) is 1. The number of piperazine rings is 1. The third-order valence-electron chi connectivity index (χ3n) is 5.73. The number of methoxy groups -OCH3 is 2. The monoisotopic (exact) mass is 419 g/mol. The fourth-order valence-electron chi connectivity index (χ4n) is 3.96. The Kier molecular flexibility index (Phi) is 7.15. The molecule has 0 aromatic heterocycles. The normalized spacial score (nSPS) is 17.6. The molecule has 4 amide bonds. The molecule has 3 rings (SSSR count). The van der Waals surface area contributed by atoms with Gasteiger partial charge in [0.25, 0.3) is 0 Å². The maximum Gasteiger partial charge on any atom is 0.326 e. The maximum atomic E-state index is 12.5.